The molecular formula is C13H8ClF4N. The Bertz CT molecular complexity index is 616. The van der Waals surface area contributed by atoms with E-state index < -0.39 is 23.3 Å². The summed E-state index contributed by atoms with van der Waals surface area (Å²) in [5, 5.41) is 2.42. The van der Waals surface area contributed by atoms with Gasteiger partial charge in [-0.3, -0.25) is 0 Å². The number of nitrogens with one attached hydrogen (secondary N) is 1. The molecule has 6 heteroatoms. The summed E-state index contributed by atoms with van der Waals surface area (Å²) in [6.45, 7) is -0.103. The summed E-state index contributed by atoms with van der Waals surface area (Å²) in [7, 11) is 0. The molecule has 2 aromatic carbocycles. The van der Waals surface area contributed by atoms with E-state index in [0.29, 0.717) is 0 Å². The minimum atomic E-state index is -1.57. The van der Waals surface area contributed by atoms with Gasteiger partial charge in [0.25, 0.3) is 0 Å². The number of halogens is 5. The Hall–Kier alpha value is -1.75. The van der Waals surface area contributed by atoms with E-state index in [0.717, 1.165) is 12.1 Å². The highest BCUT2D eigenvalue weighted by atomic mass is 35.5. The molecule has 0 bridgehead atoms. The monoisotopic (exact) mass is 289 g/mol. The van der Waals surface area contributed by atoms with Crippen LogP contribution in [0.1, 0.15) is 5.56 Å². The van der Waals surface area contributed by atoms with E-state index >= 15 is 0 Å². The highest BCUT2D eigenvalue weighted by Crippen LogP contribution is 2.22. The molecule has 1 nitrogen and oxygen atoms in total. The molecule has 19 heavy (non-hydrogen) atoms. The summed E-state index contributed by atoms with van der Waals surface area (Å²) < 4.78 is 52.6. The van der Waals surface area contributed by atoms with Crippen LogP contribution in [-0.2, 0) is 6.54 Å². The number of anilines is 1. The minimum absolute atomic E-state index is 0.0648. The normalized spacial score (nSPS) is 10.6. The molecule has 0 aromatic heterocycles. The molecule has 0 heterocycles. The maximum atomic E-state index is 13.5. The SMILES string of the molecule is Fc1ccc(NCc2cccc(Cl)c2F)c(F)c1F. The molecule has 0 aliphatic rings. The molecular weight excluding hydrogens is 282 g/mol. The van der Waals surface area contributed by atoms with Crippen molar-refractivity contribution in [2.75, 3.05) is 5.32 Å². The number of rotatable bonds is 3. The Morgan fingerprint density at radius 3 is 2.37 bits per heavy atom. The van der Waals surface area contributed by atoms with Gasteiger partial charge in [0.2, 0.25) is 0 Å². The predicted molar refractivity (Wildman–Crippen MR) is 65.1 cm³/mol. The lowest BCUT2D eigenvalue weighted by Crippen LogP contribution is -2.05. The van der Waals surface area contributed by atoms with Crippen LogP contribution in [0.15, 0.2) is 30.3 Å². The second-order valence-corrected chi connectivity index (χ2v) is 4.20. The van der Waals surface area contributed by atoms with Crippen molar-refractivity contribution in [2.45, 2.75) is 6.54 Å². The van der Waals surface area contributed by atoms with Crippen LogP contribution in [0.5, 0.6) is 0 Å². The Morgan fingerprint density at radius 1 is 0.895 bits per heavy atom. The van der Waals surface area contributed by atoms with Gasteiger partial charge in [0, 0.05) is 12.1 Å². The van der Waals surface area contributed by atoms with Gasteiger partial charge in [-0.2, -0.15) is 0 Å². The maximum Gasteiger partial charge on any atom is 0.196 e. The van der Waals surface area contributed by atoms with Crippen molar-refractivity contribution in [1.82, 2.24) is 0 Å². The first-order chi connectivity index (χ1) is 9.00. The van der Waals surface area contributed by atoms with Crippen molar-refractivity contribution in [3.8, 4) is 0 Å². The van der Waals surface area contributed by atoms with Gasteiger partial charge in [-0.1, -0.05) is 23.7 Å². The Labute approximate surface area is 111 Å². The summed E-state index contributed by atoms with van der Waals surface area (Å²) in [5.41, 5.74) is -0.0603. The maximum absolute atomic E-state index is 13.5. The van der Waals surface area contributed by atoms with Gasteiger partial charge in [-0.15, -0.1) is 0 Å². The van der Waals surface area contributed by atoms with E-state index in [9.17, 15) is 17.6 Å². The summed E-state index contributed by atoms with van der Waals surface area (Å²) in [6, 6.07) is 6.18. The fourth-order valence-electron chi connectivity index (χ4n) is 1.54. The van der Waals surface area contributed by atoms with Crippen molar-refractivity contribution >= 4 is 17.3 Å². The van der Waals surface area contributed by atoms with Crippen molar-refractivity contribution < 1.29 is 17.6 Å². The van der Waals surface area contributed by atoms with Crippen molar-refractivity contribution in [3.63, 3.8) is 0 Å². The van der Waals surface area contributed by atoms with Gasteiger partial charge in [0.15, 0.2) is 17.5 Å². The van der Waals surface area contributed by atoms with E-state index in [1.165, 1.54) is 18.2 Å². The van der Waals surface area contributed by atoms with E-state index in [2.05, 4.69) is 5.32 Å². The first-order valence-corrected chi connectivity index (χ1v) is 5.68. The van der Waals surface area contributed by atoms with E-state index in [4.69, 9.17) is 11.6 Å². The van der Waals surface area contributed by atoms with Crippen LogP contribution >= 0.6 is 11.6 Å². The van der Waals surface area contributed by atoms with Crippen LogP contribution in [0.4, 0.5) is 23.2 Å². The highest BCUT2D eigenvalue weighted by Gasteiger charge is 2.13. The molecule has 0 amide bonds. The Balaban J connectivity index is 2.20. The molecule has 2 aromatic rings. The zero-order valence-corrected chi connectivity index (χ0v) is 10.2. The van der Waals surface area contributed by atoms with Crippen LogP contribution in [0.2, 0.25) is 5.02 Å². The first kappa shape index (κ1) is 13.7. The molecule has 100 valence electrons. The zero-order valence-electron chi connectivity index (χ0n) is 9.48. The fraction of sp³-hybridized carbons (Fsp3) is 0.0769. The zero-order chi connectivity index (χ0) is 14.0. The van der Waals surface area contributed by atoms with Crippen LogP contribution in [0, 0.1) is 23.3 Å². The van der Waals surface area contributed by atoms with Crippen LogP contribution in [-0.4, -0.2) is 0 Å². The lowest BCUT2D eigenvalue weighted by molar-refractivity contribution is 0.449. The highest BCUT2D eigenvalue weighted by molar-refractivity contribution is 6.30. The summed E-state index contributed by atoms with van der Waals surface area (Å²) >= 11 is 5.59. The molecule has 0 fully saturated rings. The summed E-state index contributed by atoms with van der Waals surface area (Å²) in [4.78, 5) is 0. The Morgan fingerprint density at radius 2 is 1.63 bits per heavy atom. The predicted octanol–water partition coefficient (Wildman–Crippen LogP) is 4.51. The number of hydrogen-bond acceptors (Lipinski definition) is 1. The quantitative estimate of drug-likeness (QED) is 0.647. The van der Waals surface area contributed by atoms with E-state index in [1.807, 2.05) is 0 Å². The summed E-state index contributed by atoms with van der Waals surface area (Å²) in [5.74, 6) is -4.84. The van der Waals surface area contributed by atoms with Crippen LogP contribution in [0.3, 0.4) is 0 Å². The molecule has 0 aliphatic heterocycles. The third kappa shape index (κ3) is 2.81. The molecule has 2 rings (SSSR count). The van der Waals surface area contributed by atoms with Crippen LogP contribution < -0.4 is 5.32 Å². The lowest BCUT2D eigenvalue weighted by atomic mass is 10.2. The number of benzene rings is 2. The molecule has 0 radical (unpaired) electrons. The van der Waals surface area contributed by atoms with Crippen molar-refractivity contribution in [1.29, 1.82) is 0 Å². The largest absolute Gasteiger partial charge is 0.378 e. The fourth-order valence-corrected chi connectivity index (χ4v) is 1.73. The van der Waals surface area contributed by atoms with E-state index in [1.54, 1.807) is 0 Å². The van der Waals surface area contributed by atoms with Crippen molar-refractivity contribution in [3.05, 3.63) is 64.2 Å². The van der Waals surface area contributed by atoms with Gasteiger partial charge in [0.05, 0.1) is 10.7 Å². The second kappa shape index (κ2) is 5.48. The Kier molecular flexibility index (Phi) is 3.95. The molecule has 0 saturated heterocycles. The standard InChI is InChI=1S/C13H8ClF4N/c14-8-3-1-2-7(11(8)16)6-19-10-5-4-9(15)12(17)13(10)18/h1-5,19H,6H2. The van der Waals surface area contributed by atoms with Crippen molar-refractivity contribution in [2.24, 2.45) is 0 Å². The van der Waals surface area contributed by atoms with Gasteiger partial charge >= 0.3 is 0 Å². The number of hydrogen-bond donors (Lipinski definition) is 1. The third-order valence-electron chi connectivity index (χ3n) is 2.54. The average Bonchev–Trinajstić information content (AvgIpc) is 2.40. The molecule has 0 atom stereocenters. The molecule has 0 spiro atoms. The second-order valence-electron chi connectivity index (χ2n) is 3.79. The molecule has 0 unspecified atom stereocenters. The molecule has 0 aliphatic carbocycles. The van der Waals surface area contributed by atoms with Gasteiger partial charge in [0.1, 0.15) is 5.82 Å². The van der Waals surface area contributed by atoms with Gasteiger partial charge in [-0.05, 0) is 18.2 Å². The minimum Gasteiger partial charge on any atom is -0.378 e. The smallest absolute Gasteiger partial charge is 0.196 e. The lowest BCUT2D eigenvalue weighted by Gasteiger charge is -2.09. The molecule has 1 N–H and O–H groups in total. The van der Waals surface area contributed by atoms with E-state index in [-0.39, 0.29) is 22.8 Å². The average molecular weight is 290 g/mol. The van der Waals surface area contributed by atoms with Gasteiger partial charge < -0.3 is 5.32 Å². The molecule has 0 saturated carbocycles. The van der Waals surface area contributed by atoms with Crippen LogP contribution in [0.25, 0.3) is 0 Å². The third-order valence-corrected chi connectivity index (χ3v) is 2.83. The van der Waals surface area contributed by atoms with Gasteiger partial charge in [-0.25, -0.2) is 17.6 Å². The topological polar surface area (TPSA) is 12.0 Å². The summed E-state index contributed by atoms with van der Waals surface area (Å²) in [6.07, 6.45) is 0. The first-order valence-electron chi connectivity index (χ1n) is 5.31.